The van der Waals surface area contributed by atoms with Crippen LogP contribution in [-0.2, 0) is 47.6 Å². The van der Waals surface area contributed by atoms with Gasteiger partial charge < -0.3 is 15.1 Å². The third-order valence-electron chi connectivity index (χ3n) is 10.6. The van der Waals surface area contributed by atoms with Crippen LogP contribution in [0.4, 0.5) is 5.69 Å². The maximum atomic E-state index is 11.5. The van der Waals surface area contributed by atoms with Gasteiger partial charge in [0.25, 0.3) is 0 Å². The number of phenolic OH excluding ortho intramolecular Hbond substituents is 2. The summed E-state index contributed by atoms with van der Waals surface area (Å²) < 4.78 is 0. The monoisotopic (exact) mass is 732 g/mol. The first kappa shape index (κ1) is 43.0. The molecule has 0 aromatic heterocycles. The predicted molar refractivity (Wildman–Crippen MR) is 234 cm³/mol. The molecule has 1 unspecified atom stereocenters. The Hall–Kier alpha value is -3.72. The third-order valence-corrected chi connectivity index (χ3v) is 10.6. The van der Waals surface area contributed by atoms with Gasteiger partial charge >= 0.3 is 0 Å². The maximum absolute atomic E-state index is 11.5. The van der Waals surface area contributed by atoms with Crippen LogP contribution in [-0.4, -0.2) is 10.2 Å². The van der Waals surface area contributed by atoms with Gasteiger partial charge in [0, 0.05) is 18.8 Å². The summed E-state index contributed by atoms with van der Waals surface area (Å²) in [5.74, 6) is 1.48. The van der Waals surface area contributed by atoms with E-state index in [1.165, 1.54) is 34.2 Å². The quantitative estimate of drug-likeness (QED) is 0.171. The van der Waals surface area contributed by atoms with E-state index < -0.39 is 0 Å². The molecular formula is C51H73NO2. The first-order valence-electron chi connectivity index (χ1n) is 20.3. The Morgan fingerprint density at radius 1 is 0.463 bits per heavy atom. The van der Waals surface area contributed by atoms with Crippen molar-refractivity contribution in [2.24, 2.45) is 11.3 Å². The van der Waals surface area contributed by atoms with E-state index in [0.29, 0.717) is 35.9 Å². The number of aromatic hydroxyl groups is 2. The lowest BCUT2D eigenvalue weighted by Gasteiger charge is -2.32. The van der Waals surface area contributed by atoms with Gasteiger partial charge in [0.2, 0.25) is 0 Å². The lowest BCUT2D eigenvalue weighted by molar-refractivity contribution is 0.306. The summed E-state index contributed by atoms with van der Waals surface area (Å²) in [6.45, 7) is 36.8. The Balaban J connectivity index is 1.73. The molecule has 0 aliphatic rings. The molecule has 3 heteroatoms. The van der Waals surface area contributed by atoms with Crippen LogP contribution in [0.1, 0.15) is 167 Å². The minimum Gasteiger partial charge on any atom is -0.507 e. The standard InChI is InChI=1S/C51H73NO2/c1-34(31-47(2,3)4)25-35-17-19-36(20-18-35)26-37-21-23-40(24-22-37)52(32-38-27-41(48(5,6)7)45(53)42(28-38)49(8,9)10)33-39-29-43(50(11,12)13)46(54)44(30-39)51(14,15)16/h17-24,27-30,34,53-54H,25-26,31-33H2,1-16H3. The molecule has 54 heavy (non-hydrogen) atoms. The summed E-state index contributed by atoms with van der Waals surface area (Å²) >= 11 is 0. The maximum Gasteiger partial charge on any atom is 0.123 e. The molecule has 4 aromatic carbocycles. The highest BCUT2D eigenvalue weighted by Gasteiger charge is 2.29. The van der Waals surface area contributed by atoms with E-state index in [9.17, 15) is 10.2 Å². The predicted octanol–water partition coefficient (Wildman–Crippen LogP) is 13.7. The fraction of sp³-hybridized carbons (Fsp3) is 0.529. The van der Waals surface area contributed by atoms with Gasteiger partial charge in [-0.25, -0.2) is 0 Å². The van der Waals surface area contributed by atoms with E-state index in [0.717, 1.165) is 40.8 Å². The van der Waals surface area contributed by atoms with Gasteiger partial charge in [-0.2, -0.15) is 0 Å². The summed E-state index contributed by atoms with van der Waals surface area (Å²) in [6.07, 6.45) is 3.23. The van der Waals surface area contributed by atoms with E-state index in [1.54, 1.807) is 0 Å². The largest absolute Gasteiger partial charge is 0.507 e. The second-order valence-corrected chi connectivity index (χ2v) is 21.7. The Kier molecular flexibility index (Phi) is 12.6. The highest BCUT2D eigenvalue weighted by atomic mass is 16.3. The molecule has 0 saturated heterocycles. The minimum atomic E-state index is -0.213. The van der Waals surface area contributed by atoms with Gasteiger partial charge in [0.15, 0.2) is 0 Å². The summed E-state index contributed by atoms with van der Waals surface area (Å²) in [6, 6.07) is 27.1. The van der Waals surface area contributed by atoms with E-state index in [2.05, 4.69) is 188 Å². The van der Waals surface area contributed by atoms with Crippen molar-refractivity contribution in [3.8, 4) is 11.5 Å². The number of hydrogen-bond donors (Lipinski definition) is 2. The second-order valence-electron chi connectivity index (χ2n) is 21.7. The summed E-state index contributed by atoms with van der Waals surface area (Å²) in [4.78, 5) is 2.45. The number of nitrogens with zero attached hydrogens (tertiary/aromatic N) is 1. The molecule has 0 radical (unpaired) electrons. The zero-order valence-electron chi connectivity index (χ0n) is 36.9. The highest BCUT2D eigenvalue weighted by molar-refractivity contribution is 5.55. The second kappa shape index (κ2) is 15.8. The first-order valence-corrected chi connectivity index (χ1v) is 20.3. The topological polar surface area (TPSA) is 43.7 Å². The molecule has 0 saturated carbocycles. The molecule has 0 aliphatic carbocycles. The van der Waals surface area contributed by atoms with Crippen LogP contribution in [0.3, 0.4) is 0 Å². The molecule has 3 nitrogen and oxygen atoms in total. The molecule has 4 rings (SSSR count). The van der Waals surface area contributed by atoms with Gasteiger partial charge in [0.1, 0.15) is 11.5 Å². The number of rotatable bonds is 10. The number of anilines is 1. The fourth-order valence-corrected chi connectivity index (χ4v) is 7.91. The van der Waals surface area contributed by atoms with Gasteiger partial charge in [-0.3, -0.25) is 0 Å². The molecule has 1 atom stereocenters. The van der Waals surface area contributed by atoms with Gasteiger partial charge in [-0.05, 0) is 139 Å². The van der Waals surface area contributed by atoms with Crippen molar-refractivity contribution in [2.45, 2.75) is 165 Å². The molecule has 0 heterocycles. The number of hydrogen-bond acceptors (Lipinski definition) is 3. The Bertz CT molecular complexity index is 1710. The van der Waals surface area contributed by atoms with Crippen molar-refractivity contribution < 1.29 is 10.2 Å². The zero-order chi connectivity index (χ0) is 40.6. The summed E-state index contributed by atoms with van der Waals surface area (Å²) in [7, 11) is 0. The lowest BCUT2D eigenvalue weighted by atomic mass is 9.78. The average molecular weight is 732 g/mol. The molecular weight excluding hydrogens is 659 g/mol. The Morgan fingerprint density at radius 3 is 1.09 bits per heavy atom. The van der Waals surface area contributed by atoms with Crippen molar-refractivity contribution in [3.05, 3.63) is 123 Å². The van der Waals surface area contributed by atoms with E-state index >= 15 is 0 Å². The highest BCUT2D eigenvalue weighted by Crippen LogP contribution is 2.42. The van der Waals surface area contributed by atoms with Crippen molar-refractivity contribution in [1.82, 2.24) is 0 Å². The smallest absolute Gasteiger partial charge is 0.123 e. The first-order chi connectivity index (χ1) is 24.6. The van der Waals surface area contributed by atoms with Gasteiger partial charge in [0.05, 0.1) is 0 Å². The van der Waals surface area contributed by atoms with E-state index in [1.807, 2.05) is 0 Å². The van der Waals surface area contributed by atoms with Crippen LogP contribution in [0.2, 0.25) is 0 Å². The molecule has 0 amide bonds. The molecule has 294 valence electrons. The number of benzene rings is 4. The molecule has 0 aliphatic heterocycles. The van der Waals surface area contributed by atoms with Crippen LogP contribution in [0, 0.1) is 11.3 Å². The average Bonchev–Trinajstić information content (AvgIpc) is 3.00. The van der Waals surface area contributed by atoms with Crippen LogP contribution in [0.25, 0.3) is 0 Å². The van der Waals surface area contributed by atoms with E-state index in [4.69, 9.17) is 0 Å². The normalized spacial score (nSPS) is 13.6. The Labute approximate surface area is 330 Å². The lowest BCUT2D eigenvalue weighted by Crippen LogP contribution is -2.25. The molecule has 0 bridgehead atoms. The summed E-state index contributed by atoms with van der Waals surface area (Å²) in [5, 5.41) is 23.0. The molecule has 4 aromatic rings. The molecule has 2 N–H and O–H groups in total. The van der Waals surface area contributed by atoms with E-state index in [-0.39, 0.29) is 21.7 Å². The van der Waals surface area contributed by atoms with Crippen LogP contribution in [0.5, 0.6) is 11.5 Å². The number of phenols is 2. The SMILES string of the molecule is CC(Cc1ccc(Cc2ccc(N(Cc3cc(C(C)(C)C)c(O)c(C(C)(C)C)c3)Cc3cc(C(C)(C)C)c(O)c(C(C)(C)C)c3)cc2)cc1)CC(C)(C)C. The van der Waals surface area contributed by atoms with Gasteiger partial charge in [-0.1, -0.05) is 147 Å². The minimum absolute atomic E-state index is 0.213. The van der Waals surface area contributed by atoms with Crippen LogP contribution < -0.4 is 4.90 Å². The van der Waals surface area contributed by atoms with Crippen molar-refractivity contribution in [1.29, 1.82) is 0 Å². The molecule has 0 spiro atoms. The zero-order valence-corrected chi connectivity index (χ0v) is 36.9. The summed E-state index contributed by atoms with van der Waals surface area (Å²) in [5.41, 5.74) is 10.9. The van der Waals surface area contributed by atoms with Crippen molar-refractivity contribution >= 4 is 5.69 Å². The third kappa shape index (κ3) is 11.4. The van der Waals surface area contributed by atoms with Crippen LogP contribution in [0.15, 0.2) is 72.8 Å². The molecule has 0 fully saturated rings. The fourth-order valence-electron chi connectivity index (χ4n) is 7.91. The van der Waals surface area contributed by atoms with Crippen LogP contribution >= 0.6 is 0 Å². The van der Waals surface area contributed by atoms with Crippen molar-refractivity contribution in [2.75, 3.05) is 4.90 Å². The Morgan fingerprint density at radius 2 is 0.778 bits per heavy atom. The van der Waals surface area contributed by atoms with Crippen molar-refractivity contribution in [3.63, 3.8) is 0 Å². The van der Waals surface area contributed by atoms with Gasteiger partial charge in [-0.15, -0.1) is 0 Å².